The van der Waals surface area contributed by atoms with Crippen LogP contribution in [0.1, 0.15) is 0 Å². The number of hydrogen-bond donors (Lipinski definition) is 0. The van der Waals surface area contributed by atoms with Gasteiger partial charge in [-0.1, -0.05) is 0 Å². The Bertz CT molecular complexity index is 48.8. The molecule has 1 aliphatic rings. The van der Waals surface area contributed by atoms with Crippen LogP contribution in [0.4, 0.5) is 0 Å². The zero-order valence-electron chi connectivity index (χ0n) is 3.10. The summed E-state index contributed by atoms with van der Waals surface area (Å²) in [5.41, 5.74) is 0. The van der Waals surface area contributed by atoms with Gasteiger partial charge in [-0.05, 0) is 0 Å². The van der Waals surface area contributed by atoms with Crippen molar-refractivity contribution in [2.75, 3.05) is 13.2 Å². The van der Waals surface area contributed by atoms with Crippen LogP contribution in [0.2, 0.25) is 0 Å². The second-order valence-electron chi connectivity index (χ2n) is 0.821. The third-order valence-electron chi connectivity index (χ3n) is 0.434. The fourth-order valence-corrected chi connectivity index (χ4v) is 0.228. The molecule has 2 radical (unpaired) electrons. The molecule has 1 heterocycles. The molecule has 36 valence electrons. The SMILES string of the molecule is [C]1=NCCO1.[Co]. The van der Waals surface area contributed by atoms with Gasteiger partial charge in [0.05, 0.1) is 6.54 Å². The molecule has 0 aromatic heterocycles. The Kier molecular flexibility index (Phi) is 3.16. The second-order valence-corrected chi connectivity index (χ2v) is 0.821. The van der Waals surface area contributed by atoms with Gasteiger partial charge in [0.15, 0.2) is 0 Å². The molecule has 0 aromatic rings. The average molecular weight is 129 g/mol. The maximum atomic E-state index is 4.53. The van der Waals surface area contributed by atoms with Crippen molar-refractivity contribution in [3.05, 3.63) is 0 Å². The van der Waals surface area contributed by atoms with E-state index in [1.807, 2.05) is 0 Å². The maximum absolute atomic E-state index is 4.53. The molecular formula is C3H4CoNO. The van der Waals surface area contributed by atoms with E-state index in [1.165, 1.54) is 0 Å². The smallest absolute Gasteiger partial charge is 0.273 e. The Morgan fingerprint density at radius 2 is 2.50 bits per heavy atom. The van der Waals surface area contributed by atoms with Crippen molar-refractivity contribution in [3.8, 4) is 0 Å². The quantitative estimate of drug-likeness (QED) is 0.448. The van der Waals surface area contributed by atoms with Crippen molar-refractivity contribution in [1.82, 2.24) is 0 Å². The molecule has 0 atom stereocenters. The van der Waals surface area contributed by atoms with Crippen molar-refractivity contribution in [2.24, 2.45) is 4.99 Å². The summed E-state index contributed by atoms with van der Waals surface area (Å²) in [7, 11) is 0. The largest absolute Gasteiger partial charge is 0.472 e. The Morgan fingerprint density at radius 3 is 2.67 bits per heavy atom. The molecule has 0 fully saturated rings. The molecule has 0 saturated carbocycles. The molecular weight excluding hydrogens is 125 g/mol. The molecule has 2 nitrogen and oxygen atoms in total. The van der Waals surface area contributed by atoms with Gasteiger partial charge in [-0.25, -0.2) is 4.99 Å². The van der Waals surface area contributed by atoms with Gasteiger partial charge in [-0.2, -0.15) is 0 Å². The Hall–Kier alpha value is -0.0235. The van der Waals surface area contributed by atoms with Crippen LogP contribution in [0.25, 0.3) is 0 Å². The first-order chi connectivity index (χ1) is 2.50. The summed E-state index contributed by atoms with van der Waals surface area (Å²) in [4.78, 5) is 3.61. The van der Waals surface area contributed by atoms with Crippen molar-refractivity contribution < 1.29 is 21.5 Å². The van der Waals surface area contributed by atoms with Crippen LogP contribution in [0.3, 0.4) is 0 Å². The Balaban J connectivity index is 0.000000250. The Labute approximate surface area is 46.8 Å². The summed E-state index contributed by atoms with van der Waals surface area (Å²) in [6, 6.07) is 0. The molecule has 0 spiro atoms. The fourth-order valence-electron chi connectivity index (χ4n) is 0.228. The van der Waals surface area contributed by atoms with Crippen LogP contribution in [-0.2, 0) is 21.5 Å². The van der Waals surface area contributed by atoms with Gasteiger partial charge in [-0.3, -0.25) is 0 Å². The Morgan fingerprint density at radius 1 is 1.67 bits per heavy atom. The molecule has 1 aliphatic heterocycles. The predicted molar refractivity (Wildman–Crippen MR) is 18.3 cm³/mol. The number of ether oxygens (including phenoxy) is 1. The summed E-state index contributed by atoms with van der Waals surface area (Å²) in [6.45, 7) is 1.51. The third kappa shape index (κ3) is 1.42. The first-order valence-corrected chi connectivity index (χ1v) is 1.53. The van der Waals surface area contributed by atoms with Crippen molar-refractivity contribution in [1.29, 1.82) is 0 Å². The van der Waals surface area contributed by atoms with E-state index in [1.54, 1.807) is 0 Å². The zero-order valence-corrected chi connectivity index (χ0v) is 4.14. The molecule has 0 N–H and O–H groups in total. The number of nitrogens with zero attached hydrogens (tertiary/aromatic N) is 1. The van der Waals surface area contributed by atoms with Gasteiger partial charge in [0.25, 0.3) is 6.40 Å². The van der Waals surface area contributed by atoms with Gasteiger partial charge in [-0.15, -0.1) is 0 Å². The second kappa shape index (κ2) is 3.18. The van der Waals surface area contributed by atoms with Crippen molar-refractivity contribution >= 4 is 6.40 Å². The van der Waals surface area contributed by atoms with Crippen LogP contribution in [0.15, 0.2) is 4.99 Å². The molecule has 0 aromatic carbocycles. The third-order valence-corrected chi connectivity index (χ3v) is 0.434. The van der Waals surface area contributed by atoms with Crippen LogP contribution in [0.5, 0.6) is 0 Å². The van der Waals surface area contributed by atoms with Gasteiger partial charge in [0, 0.05) is 16.8 Å². The van der Waals surface area contributed by atoms with Crippen LogP contribution >= 0.6 is 0 Å². The summed E-state index contributed by atoms with van der Waals surface area (Å²) >= 11 is 0. The number of rotatable bonds is 0. The van der Waals surface area contributed by atoms with Crippen molar-refractivity contribution in [2.45, 2.75) is 0 Å². The van der Waals surface area contributed by atoms with Crippen molar-refractivity contribution in [3.63, 3.8) is 0 Å². The standard InChI is InChI=1S/C3H4NO.Co/c1-2-5-3-4-1;/h1-2H2;. The van der Waals surface area contributed by atoms with E-state index >= 15 is 0 Å². The number of aliphatic imine (C=N–C) groups is 1. The molecule has 0 saturated heterocycles. The van der Waals surface area contributed by atoms with E-state index in [-0.39, 0.29) is 16.8 Å². The van der Waals surface area contributed by atoms with E-state index in [0.29, 0.717) is 0 Å². The summed E-state index contributed by atoms with van der Waals surface area (Å²) < 4.78 is 4.53. The first-order valence-electron chi connectivity index (χ1n) is 1.53. The fraction of sp³-hybridized carbons (Fsp3) is 0.667. The molecule has 0 aliphatic carbocycles. The van der Waals surface area contributed by atoms with Gasteiger partial charge in [0.2, 0.25) is 0 Å². The van der Waals surface area contributed by atoms with E-state index in [4.69, 9.17) is 0 Å². The monoisotopic (exact) mass is 129 g/mol. The van der Waals surface area contributed by atoms with Gasteiger partial charge < -0.3 is 4.74 Å². The maximum Gasteiger partial charge on any atom is 0.273 e. The summed E-state index contributed by atoms with van der Waals surface area (Å²) in [5, 5.41) is 0. The zero-order chi connectivity index (χ0) is 3.54. The van der Waals surface area contributed by atoms with Crippen LogP contribution in [-0.4, -0.2) is 19.6 Å². The normalized spacial score (nSPS) is 16.0. The number of hydrogen-bond acceptors (Lipinski definition) is 2. The van der Waals surface area contributed by atoms with E-state index in [0.717, 1.165) is 13.2 Å². The van der Waals surface area contributed by atoms with E-state index in [9.17, 15) is 0 Å². The minimum Gasteiger partial charge on any atom is -0.472 e. The van der Waals surface area contributed by atoms with Gasteiger partial charge >= 0.3 is 0 Å². The van der Waals surface area contributed by atoms with E-state index < -0.39 is 0 Å². The summed E-state index contributed by atoms with van der Waals surface area (Å²) in [6.07, 6.45) is 2.35. The van der Waals surface area contributed by atoms with Crippen LogP contribution < -0.4 is 0 Å². The average Bonchev–Trinajstić information content (AvgIpc) is 1.76. The van der Waals surface area contributed by atoms with Gasteiger partial charge in [0.1, 0.15) is 6.61 Å². The summed E-state index contributed by atoms with van der Waals surface area (Å²) in [5.74, 6) is 0. The van der Waals surface area contributed by atoms with Crippen LogP contribution in [0, 0.1) is 0 Å². The molecule has 1 rings (SSSR count). The molecule has 0 bridgehead atoms. The minimum atomic E-state index is 0. The molecule has 0 unspecified atom stereocenters. The topological polar surface area (TPSA) is 21.6 Å². The molecule has 3 heteroatoms. The minimum absolute atomic E-state index is 0. The molecule has 0 amide bonds. The molecule has 6 heavy (non-hydrogen) atoms. The predicted octanol–water partition coefficient (Wildman–Crippen LogP) is -0.0806. The van der Waals surface area contributed by atoms with E-state index in [2.05, 4.69) is 16.1 Å². The first kappa shape index (κ1) is 5.98.